The Labute approximate surface area is 93.3 Å². The molecule has 80 valence electrons. The lowest BCUT2D eigenvalue weighted by atomic mass is 9.91. The molecule has 1 aliphatic carbocycles. The van der Waals surface area contributed by atoms with Gasteiger partial charge in [0.1, 0.15) is 0 Å². The summed E-state index contributed by atoms with van der Waals surface area (Å²) in [7, 11) is 0. The summed E-state index contributed by atoms with van der Waals surface area (Å²) in [6.45, 7) is 6.02. The topological polar surface area (TPSA) is 15.3 Å². The second-order valence-corrected chi connectivity index (χ2v) is 3.93. The molecule has 2 nitrogen and oxygen atoms in total. The van der Waals surface area contributed by atoms with Gasteiger partial charge in [0, 0.05) is 31.7 Å². The third-order valence-electron chi connectivity index (χ3n) is 2.99. The molecular formula is C9H20Cl2N2. The van der Waals surface area contributed by atoms with Gasteiger partial charge in [-0.1, -0.05) is 6.42 Å². The number of piperazine rings is 1. The summed E-state index contributed by atoms with van der Waals surface area (Å²) in [5.74, 6) is 0. The lowest BCUT2D eigenvalue weighted by Crippen LogP contribution is -2.54. The van der Waals surface area contributed by atoms with Crippen molar-refractivity contribution >= 4 is 24.8 Å². The van der Waals surface area contributed by atoms with E-state index in [2.05, 4.69) is 17.1 Å². The molecule has 1 saturated carbocycles. The van der Waals surface area contributed by atoms with Crippen molar-refractivity contribution < 1.29 is 0 Å². The molecule has 1 heterocycles. The van der Waals surface area contributed by atoms with Crippen LogP contribution in [0.15, 0.2) is 0 Å². The van der Waals surface area contributed by atoms with Gasteiger partial charge in [-0.2, -0.15) is 0 Å². The molecule has 0 unspecified atom stereocenters. The van der Waals surface area contributed by atoms with Crippen LogP contribution in [0.5, 0.6) is 0 Å². The average Bonchev–Trinajstić information content (AvgIpc) is 1.83. The number of halogens is 2. The smallest absolute Gasteiger partial charge is 0.0167 e. The fourth-order valence-corrected chi connectivity index (χ4v) is 2.05. The predicted molar refractivity (Wildman–Crippen MR) is 61.2 cm³/mol. The van der Waals surface area contributed by atoms with Crippen LogP contribution in [0.2, 0.25) is 0 Å². The molecule has 13 heavy (non-hydrogen) atoms. The van der Waals surface area contributed by atoms with E-state index in [1.165, 1.54) is 38.9 Å². The summed E-state index contributed by atoms with van der Waals surface area (Å²) in [4.78, 5) is 2.66. The molecule has 2 fully saturated rings. The third kappa shape index (κ3) is 3.28. The SMILES string of the molecule is C[C@@H]1CN(C2CCC2)CCN1.Cl.Cl. The van der Waals surface area contributed by atoms with Gasteiger partial charge in [-0.3, -0.25) is 4.90 Å². The van der Waals surface area contributed by atoms with Crippen LogP contribution in [0, 0.1) is 0 Å². The number of rotatable bonds is 1. The lowest BCUT2D eigenvalue weighted by Gasteiger charge is -2.42. The van der Waals surface area contributed by atoms with Crippen molar-refractivity contribution in [3.05, 3.63) is 0 Å². The van der Waals surface area contributed by atoms with E-state index < -0.39 is 0 Å². The summed E-state index contributed by atoms with van der Waals surface area (Å²) in [5.41, 5.74) is 0. The molecular weight excluding hydrogens is 207 g/mol. The number of hydrogen-bond donors (Lipinski definition) is 1. The highest BCUT2D eigenvalue weighted by molar-refractivity contribution is 5.85. The zero-order valence-corrected chi connectivity index (χ0v) is 9.79. The molecule has 0 bridgehead atoms. The molecule has 1 aliphatic heterocycles. The van der Waals surface area contributed by atoms with Gasteiger partial charge < -0.3 is 5.32 Å². The Hall–Kier alpha value is 0.500. The highest BCUT2D eigenvalue weighted by Crippen LogP contribution is 2.25. The van der Waals surface area contributed by atoms with Crippen LogP contribution in [0.4, 0.5) is 0 Å². The van der Waals surface area contributed by atoms with Crippen LogP contribution in [-0.4, -0.2) is 36.6 Å². The predicted octanol–water partition coefficient (Wildman–Crippen LogP) is 1.68. The Morgan fingerprint density at radius 3 is 2.38 bits per heavy atom. The standard InChI is InChI=1S/C9H18N2.2ClH/c1-8-7-11(6-5-10-8)9-3-2-4-9;;/h8-10H,2-7H2,1H3;2*1H/t8-;;/m1../s1. The van der Waals surface area contributed by atoms with Gasteiger partial charge in [-0.25, -0.2) is 0 Å². The Balaban J connectivity index is 0.000000720. The number of nitrogens with one attached hydrogen (secondary N) is 1. The Kier molecular flexibility index (Phi) is 6.31. The minimum absolute atomic E-state index is 0. The average molecular weight is 227 g/mol. The van der Waals surface area contributed by atoms with Gasteiger partial charge >= 0.3 is 0 Å². The fourth-order valence-electron chi connectivity index (χ4n) is 2.05. The minimum atomic E-state index is 0. The van der Waals surface area contributed by atoms with Crippen LogP contribution in [0.1, 0.15) is 26.2 Å². The second-order valence-electron chi connectivity index (χ2n) is 3.93. The Morgan fingerprint density at radius 1 is 1.23 bits per heavy atom. The lowest BCUT2D eigenvalue weighted by molar-refractivity contribution is 0.0956. The van der Waals surface area contributed by atoms with Crippen molar-refractivity contribution in [1.82, 2.24) is 10.2 Å². The van der Waals surface area contributed by atoms with E-state index in [1.54, 1.807) is 0 Å². The summed E-state index contributed by atoms with van der Waals surface area (Å²) < 4.78 is 0. The molecule has 0 aromatic rings. The van der Waals surface area contributed by atoms with E-state index in [0.717, 1.165) is 6.04 Å². The number of nitrogens with zero attached hydrogens (tertiary/aromatic N) is 1. The monoisotopic (exact) mass is 226 g/mol. The highest BCUT2D eigenvalue weighted by Gasteiger charge is 2.27. The molecule has 0 amide bonds. The van der Waals surface area contributed by atoms with E-state index in [-0.39, 0.29) is 24.8 Å². The summed E-state index contributed by atoms with van der Waals surface area (Å²) in [5, 5.41) is 3.47. The van der Waals surface area contributed by atoms with Crippen molar-refractivity contribution in [1.29, 1.82) is 0 Å². The molecule has 0 radical (unpaired) electrons. The van der Waals surface area contributed by atoms with Crippen molar-refractivity contribution in [2.45, 2.75) is 38.3 Å². The van der Waals surface area contributed by atoms with Crippen molar-refractivity contribution in [3.8, 4) is 0 Å². The van der Waals surface area contributed by atoms with E-state index in [1.807, 2.05) is 0 Å². The van der Waals surface area contributed by atoms with E-state index in [4.69, 9.17) is 0 Å². The minimum Gasteiger partial charge on any atom is -0.312 e. The van der Waals surface area contributed by atoms with Gasteiger partial charge in [0.05, 0.1) is 0 Å². The van der Waals surface area contributed by atoms with Crippen LogP contribution in [0.25, 0.3) is 0 Å². The maximum absolute atomic E-state index is 3.47. The van der Waals surface area contributed by atoms with Gasteiger partial charge in [-0.15, -0.1) is 24.8 Å². The molecule has 2 rings (SSSR count). The zero-order chi connectivity index (χ0) is 7.68. The molecule has 1 N–H and O–H groups in total. The Morgan fingerprint density at radius 2 is 1.92 bits per heavy atom. The molecule has 2 aliphatic rings. The fraction of sp³-hybridized carbons (Fsp3) is 1.00. The highest BCUT2D eigenvalue weighted by atomic mass is 35.5. The van der Waals surface area contributed by atoms with Crippen molar-refractivity contribution in [2.75, 3.05) is 19.6 Å². The first kappa shape index (κ1) is 13.5. The first-order valence-corrected chi connectivity index (χ1v) is 4.83. The number of hydrogen-bond acceptors (Lipinski definition) is 2. The van der Waals surface area contributed by atoms with E-state index in [0.29, 0.717) is 6.04 Å². The van der Waals surface area contributed by atoms with Gasteiger partial charge in [0.25, 0.3) is 0 Å². The van der Waals surface area contributed by atoms with Crippen LogP contribution in [-0.2, 0) is 0 Å². The molecule has 0 spiro atoms. The second kappa shape index (κ2) is 6.07. The van der Waals surface area contributed by atoms with Gasteiger partial charge in [0.2, 0.25) is 0 Å². The van der Waals surface area contributed by atoms with E-state index >= 15 is 0 Å². The third-order valence-corrected chi connectivity index (χ3v) is 2.99. The summed E-state index contributed by atoms with van der Waals surface area (Å²) >= 11 is 0. The van der Waals surface area contributed by atoms with Crippen molar-refractivity contribution in [2.24, 2.45) is 0 Å². The van der Waals surface area contributed by atoms with Crippen LogP contribution in [0.3, 0.4) is 0 Å². The molecule has 1 atom stereocenters. The van der Waals surface area contributed by atoms with Gasteiger partial charge in [0.15, 0.2) is 0 Å². The normalized spacial score (nSPS) is 29.8. The van der Waals surface area contributed by atoms with Crippen molar-refractivity contribution in [3.63, 3.8) is 0 Å². The maximum atomic E-state index is 3.47. The maximum Gasteiger partial charge on any atom is 0.0167 e. The van der Waals surface area contributed by atoms with E-state index in [9.17, 15) is 0 Å². The quantitative estimate of drug-likeness (QED) is 0.733. The molecule has 0 aromatic heterocycles. The summed E-state index contributed by atoms with van der Waals surface area (Å²) in [6.07, 6.45) is 4.36. The van der Waals surface area contributed by atoms with Crippen LogP contribution < -0.4 is 5.32 Å². The molecule has 1 saturated heterocycles. The zero-order valence-electron chi connectivity index (χ0n) is 8.16. The van der Waals surface area contributed by atoms with Crippen LogP contribution >= 0.6 is 24.8 Å². The first-order chi connectivity index (χ1) is 5.36. The van der Waals surface area contributed by atoms with Gasteiger partial charge in [-0.05, 0) is 19.8 Å². The largest absolute Gasteiger partial charge is 0.312 e. The summed E-state index contributed by atoms with van der Waals surface area (Å²) in [6, 6.07) is 1.66. The first-order valence-electron chi connectivity index (χ1n) is 4.83. The Bertz CT molecular complexity index is 140. The molecule has 4 heteroatoms. The molecule has 0 aromatic carbocycles.